The molecule has 0 aliphatic rings. The third-order valence-electron chi connectivity index (χ3n) is 6.02. The fourth-order valence-corrected chi connectivity index (χ4v) is 3.78. The van der Waals surface area contributed by atoms with Gasteiger partial charge in [0.25, 0.3) is 12.9 Å². The first-order valence-electron chi connectivity index (χ1n) is 12.7. The van der Waals surface area contributed by atoms with E-state index in [1.807, 2.05) is 0 Å². The fourth-order valence-electron chi connectivity index (χ4n) is 3.78. The minimum absolute atomic E-state index is 0.0121. The largest absolute Gasteiger partial charge is 0.478 e. The number of aryl methyl sites for hydroxylation is 1. The minimum atomic E-state index is -1.65. The molecule has 238 valence electrons. The lowest BCUT2D eigenvalue weighted by atomic mass is 10.0. The van der Waals surface area contributed by atoms with Crippen LogP contribution in [0, 0.1) is 6.92 Å². The molecule has 1 unspecified atom stereocenters. The van der Waals surface area contributed by atoms with Gasteiger partial charge in [0, 0.05) is 0 Å². The van der Waals surface area contributed by atoms with E-state index in [0.717, 1.165) is 42.5 Å². The van der Waals surface area contributed by atoms with Gasteiger partial charge in [-0.1, -0.05) is 6.07 Å². The van der Waals surface area contributed by atoms with Crippen LogP contribution in [0.15, 0.2) is 54.6 Å². The number of hydrogen-bond donors (Lipinski definition) is 3. The summed E-state index contributed by atoms with van der Waals surface area (Å²) in [6.45, 7) is 0.0650. The Morgan fingerprint density at radius 2 is 1.09 bits per heavy atom. The van der Waals surface area contributed by atoms with E-state index in [1.165, 1.54) is 19.1 Å². The molecule has 1 atom stereocenters. The van der Waals surface area contributed by atoms with Crippen LogP contribution >= 0.6 is 0 Å². The highest BCUT2D eigenvalue weighted by Crippen LogP contribution is 2.28. The van der Waals surface area contributed by atoms with E-state index in [1.54, 1.807) is 0 Å². The highest BCUT2D eigenvalue weighted by atomic mass is 16.6. The van der Waals surface area contributed by atoms with Crippen molar-refractivity contribution in [3.63, 3.8) is 0 Å². The second-order valence-corrected chi connectivity index (χ2v) is 9.02. The summed E-state index contributed by atoms with van der Waals surface area (Å²) < 4.78 is 24.9. The van der Waals surface area contributed by atoms with Crippen LogP contribution in [0.4, 0.5) is 0 Å². The van der Waals surface area contributed by atoms with Crippen molar-refractivity contribution in [1.29, 1.82) is 0 Å². The second-order valence-electron chi connectivity index (χ2n) is 9.02. The van der Waals surface area contributed by atoms with E-state index in [-0.39, 0.29) is 41.1 Å². The van der Waals surface area contributed by atoms with Gasteiger partial charge in [-0.2, -0.15) is 0 Å². The number of ether oxygens (including phenoxy) is 5. The predicted molar refractivity (Wildman–Crippen MR) is 148 cm³/mol. The number of carboxylic acids is 3. The van der Waals surface area contributed by atoms with Gasteiger partial charge in [-0.15, -0.1) is 0 Å². The molecule has 0 aliphatic carbocycles. The first-order valence-corrected chi connectivity index (χ1v) is 12.7. The molecule has 0 radical (unpaired) electrons. The van der Waals surface area contributed by atoms with Crippen molar-refractivity contribution in [3.8, 4) is 11.5 Å². The molecule has 0 fully saturated rings. The number of aromatic carboxylic acids is 3. The van der Waals surface area contributed by atoms with Crippen molar-refractivity contribution in [2.45, 2.75) is 13.0 Å². The van der Waals surface area contributed by atoms with E-state index in [4.69, 9.17) is 14.2 Å². The molecule has 46 heavy (non-hydrogen) atoms. The van der Waals surface area contributed by atoms with E-state index in [2.05, 4.69) is 9.47 Å². The van der Waals surface area contributed by atoms with Crippen molar-refractivity contribution in [2.75, 3.05) is 13.2 Å². The Morgan fingerprint density at radius 3 is 1.65 bits per heavy atom. The van der Waals surface area contributed by atoms with Crippen molar-refractivity contribution >= 4 is 48.8 Å². The summed E-state index contributed by atoms with van der Waals surface area (Å²) in [6, 6.07) is 9.59. The molecule has 0 aliphatic heterocycles. The minimum Gasteiger partial charge on any atom is -0.478 e. The van der Waals surface area contributed by atoms with Gasteiger partial charge in [-0.25, -0.2) is 28.8 Å². The van der Waals surface area contributed by atoms with Crippen LogP contribution in [0.5, 0.6) is 11.5 Å². The van der Waals surface area contributed by atoms with Crippen molar-refractivity contribution in [1.82, 2.24) is 0 Å². The molecule has 0 amide bonds. The summed E-state index contributed by atoms with van der Waals surface area (Å²) in [7, 11) is 0. The predicted octanol–water partition coefficient (Wildman–Crippen LogP) is 2.40. The molecule has 16 heteroatoms. The fraction of sp³-hybridized carbons (Fsp3) is 0.133. The Morgan fingerprint density at radius 1 is 0.609 bits per heavy atom. The lowest BCUT2D eigenvalue weighted by Crippen LogP contribution is -2.31. The zero-order valence-corrected chi connectivity index (χ0v) is 23.5. The Kier molecular flexibility index (Phi) is 11.2. The Hall–Kier alpha value is -6.58. The number of hydrogen-bond acceptors (Lipinski definition) is 13. The standard InChI is InChI=1S/C30H22O16/c1-15-2-3-16(8-21(15)26(35)36)28(39)42-11-19(46-30(41)17-4-6-20(25(33)34)22(9-17)27(37)38)12-43-29(40)18-5-7-23(44-13-31)24(10-18)45-14-32/h2-10,13-14,19H,11-12H2,1H3,(H,33,34)(H,35,36)(H,37,38). The number of esters is 3. The topological polar surface area (TPSA) is 243 Å². The molecule has 3 aromatic carbocycles. The van der Waals surface area contributed by atoms with E-state index in [0.29, 0.717) is 5.56 Å². The van der Waals surface area contributed by atoms with Crippen LogP contribution in [0.3, 0.4) is 0 Å². The molecule has 16 nitrogen and oxygen atoms in total. The first kappa shape index (κ1) is 33.9. The molecule has 3 rings (SSSR count). The summed E-state index contributed by atoms with van der Waals surface area (Å²) in [5.74, 6) is -8.33. The Bertz CT molecular complexity index is 1720. The third-order valence-corrected chi connectivity index (χ3v) is 6.02. The van der Waals surface area contributed by atoms with Crippen molar-refractivity contribution < 1.29 is 77.4 Å². The maximum Gasteiger partial charge on any atom is 0.338 e. The van der Waals surface area contributed by atoms with Crippen molar-refractivity contribution in [3.05, 3.63) is 93.5 Å². The van der Waals surface area contributed by atoms with Gasteiger partial charge in [0.05, 0.1) is 33.4 Å². The lowest BCUT2D eigenvalue weighted by Gasteiger charge is -2.19. The quantitative estimate of drug-likeness (QED) is 0.123. The zero-order valence-electron chi connectivity index (χ0n) is 23.5. The van der Waals surface area contributed by atoms with Crippen LogP contribution < -0.4 is 9.47 Å². The van der Waals surface area contributed by atoms with Crippen molar-refractivity contribution in [2.24, 2.45) is 0 Å². The molecule has 3 aromatic rings. The molecule has 0 heterocycles. The molecule has 0 bridgehead atoms. The van der Waals surface area contributed by atoms with Crippen LogP contribution in [-0.4, -0.2) is 83.4 Å². The van der Waals surface area contributed by atoms with Crippen LogP contribution in [-0.2, 0) is 23.8 Å². The highest BCUT2D eigenvalue weighted by Gasteiger charge is 2.25. The maximum absolute atomic E-state index is 12.9. The number of carbonyl (C=O) groups is 8. The van der Waals surface area contributed by atoms with E-state index >= 15 is 0 Å². The Balaban J connectivity index is 1.84. The van der Waals surface area contributed by atoms with Gasteiger partial charge in [0.2, 0.25) is 0 Å². The first-order chi connectivity index (χ1) is 21.9. The molecular formula is C30H22O16. The monoisotopic (exact) mass is 638 g/mol. The molecule has 0 spiro atoms. The average Bonchev–Trinajstić information content (AvgIpc) is 3.02. The van der Waals surface area contributed by atoms with Gasteiger partial charge in [-0.3, -0.25) is 9.59 Å². The number of benzene rings is 3. The summed E-state index contributed by atoms with van der Waals surface area (Å²) in [4.78, 5) is 94.1. The number of carboxylic acid groups (broad SMARTS) is 3. The molecule has 0 saturated heterocycles. The smallest absolute Gasteiger partial charge is 0.338 e. The second kappa shape index (κ2) is 15.2. The molecule has 0 aromatic heterocycles. The number of rotatable bonds is 15. The van der Waals surface area contributed by atoms with E-state index < -0.39 is 71.8 Å². The van der Waals surface area contributed by atoms with Crippen LogP contribution in [0.25, 0.3) is 0 Å². The van der Waals surface area contributed by atoms with Gasteiger partial charge in [0.1, 0.15) is 13.2 Å². The average molecular weight is 638 g/mol. The molecule has 0 saturated carbocycles. The maximum atomic E-state index is 12.9. The van der Waals surface area contributed by atoms with Gasteiger partial charge in [-0.05, 0) is 61.0 Å². The van der Waals surface area contributed by atoms with E-state index in [9.17, 15) is 53.7 Å². The van der Waals surface area contributed by atoms with Crippen LogP contribution in [0.2, 0.25) is 0 Å². The molecular weight excluding hydrogens is 616 g/mol. The highest BCUT2D eigenvalue weighted by molar-refractivity contribution is 6.04. The van der Waals surface area contributed by atoms with Crippen LogP contribution in [0.1, 0.15) is 67.7 Å². The SMILES string of the molecule is Cc1ccc(C(=O)OCC(COC(=O)c2ccc(OC=O)c(OC=O)c2)OC(=O)c2ccc(C(=O)O)c(C(=O)O)c2)cc1C(=O)O. The summed E-state index contributed by atoms with van der Waals surface area (Å²) in [5, 5.41) is 27.9. The van der Waals surface area contributed by atoms with Gasteiger partial charge < -0.3 is 39.0 Å². The lowest BCUT2D eigenvalue weighted by molar-refractivity contribution is -0.123. The van der Waals surface area contributed by atoms with Gasteiger partial charge in [0.15, 0.2) is 17.6 Å². The molecule has 3 N–H and O–H groups in total. The third kappa shape index (κ3) is 8.50. The summed E-state index contributed by atoms with van der Waals surface area (Å²) in [6.07, 6.45) is -1.54. The number of carbonyl (C=O) groups excluding carboxylic acids is 5. The summed E-state index contributed by atoms with van der Waals surface area (Å²) in [5.41, 5.74) is -1.92. The normalized spacial score (nSPS) is 10.9. The Labute approximate surface area is 257 Å². The van der Waals surface area contributed by atoms with Gasteiger partial charge >= 0.3 is 35.8 Å². The zero-order chi connectivity index (χ0) is 34.0. The summed E-state index contributed by atoms with van der Waals surface area (Å²) >= 11 is 0.